The summed E-state index contributed by atoms with van der Waals surface area (Å²) in [5, 5.41) is 4.67. The Labute approximate surface area is 341 Å². The molecule has 0 amide bonds. The van der Waals surface area contributed by atoms with Gasteiger partial charge in [0.05, 0.1) is 0 Å². The molecule has 0 aliphatic rings. The zero-order chi connectivity index (χ0) is 39.1. The topological polar surface area (TPSA) is 51.8 Å². The van der Waals surface area contributed by atoms with Gasteiger partial charge in [0.15, 0.2) is 17.5 Å². The molecular weight excluding hydrogens is 719 g/mol. The molecule has 276 valence electrons. The minimum absolute atomic E-state index is 0.615. The van der Waals surface area contributed by atoms with Crippen molar-refractivity contribution in [3.63, 3.8) is 0 Å². The Morgan fingerprint density at radius 3 is 1.20 bits per heavy atom. The van der Waals surface area contributed by atoms with E-state index >= 15 is 0 Å². The maximum absolute atomic E-state index is 6.36. The number of furan rings is 1. The molecule has 9 aromatic carbocycles. The van der Waals surface area contributed by atoms with Crippen LogP contribution in [0, 0.1) is 0 Å². The van der Waals surface area contributed by atoms with E-state index in [1.165, 1.54) is 33.0 Å². The molecule has 4 heteroatoms. The summed E-state index contributed by atoms with van der Waals surface area (Å²) in [7, 11) is 0. The third-order valence-electron chi connectivity index (χ3n) is 11.2. The molecule has 0 spiro atoms. The normalized spacial score (nSPS) is 11.4. The molecule has 0 bridgehead atoms. The van der Waals surface area contributed by atoms with E-state index in [4.69, 9.17) is 19.4 Å². The van der Waals surface area contributed by atoms with Crippen LogP contribution in [0.3, 0.4) is 0 Å². The predicted octanol–water partition coefficient (Wildman–Crippen LogP) is 14.6. The number of nitrogens with zero attached hydrogens (tertiary/aromatic N) is 3. The van der Waals surface area contributed by atoms with Gasteiger partial charge in [0, 0.05) is 27.5 Å². The minimum atomic E-state index is 0.615. The molecule has 0 atom stereocenters. The van der Waals surface area contributed by atoms with Crippen molar-refractivity contribution in [3.05, 3.63) is 212 Å². The first kappa shape index (κ1) is 34.3. The third-order valence-corrected chi connectivity index (χ3v) is 11.2. The van der Waals surface area contributed by atoms with Crippen LogP contribution in [0.2, 0.25) is 0 Å². The molecule has 0 fully saturated rings. The zero-order valence-electron chi connectivity index (χ0n) is 32.0. The van der Waals surface area contributed by atoms with Crippen LogP contribution >= 0.6 is 0 Å². The van der Waals surface area contributed by atoms with Crippen LogP contribution in [0.25, 0.3) is 111 Å². The highest BCUT2D eigenvalue weighted by atomic mass is 16.3. The molecule has 0 aliphatic carbocycles. The molecule has 2 aromatic heterocycles. The number of fused-ring (bicyclic) bond motifs is 4. The van der Waals surface area contributed by atoms with Gasteiger partial charge in [-0.05, 0) is 85.6 Å². The number of rotatable bonds is 7. The molecule has 0 saturated heterocycles. The molecule has 4 nitrogen and oxygen atoms in total. The van der Waals surface area contributed by atoms with Crippen molar-refractivity contribution in [1.29, 1.82) is 0 Å². The molecule has 0 aliphatic heterocycles. The summed E-state index contributed by atoms with van der Waals surface area (Å²) in [6.07, 6.45) is 0. The van der Waals surface area contributed by atoms with E-state index in [0.29, 0.717) is 17.5 Å². The number of hydrogen-bond acceptors (Lipinski definition) is 4. The zero-order valence-corrected chi connectivity index (χ0v) is 32.0. The van der Waals surface area contributed by atoms with Gasteiger partial charge in [-0.2, -0.15) is 0 Å². The highest BCUT2D eigenvalue weighted by Gasteiger charge is 2.15. The second kappa shape index (κ2) is 14.5. The van der Waals surface area contributed by atoms with E-state index in [9.17, 15) is 0 Å². The van der Waals surface area contributed by atoms with Crippen molar-refractivity contribution in [3.8, 4) is 78.7 Å². The lowest BCUT2D eigenvalue weighted by Gasteiger charge is -2.10. The first-order chi connectivity index (χ1) is 29.2. The second-order valence-corrected chi connectivity index (χ2v) is 14.9. The van der Waals surface area contributed by atoms with Crippen molar-refractivity contribution in [1.82, 2.24) is 15.0 Å². The van der Waals surface area contributed by atoms with Gasteiger partial charge in [0.25, 0.3) is 0 Å². The van der Waals surface area contributed by atoms with Gasteiger partial charge in [-0.3, -0.25) is 0 Å². The van der Waals surface area contributed by atoms with E-state index in [1.54, 1.807) is 0 Å². The Morgan fingerprint density at radius 2 is 0.627 bits per heavy atom. The van der Waals surface area contributed by atoms with E-state index in [1.807, 2.05) is 12.1 Å². The molecule has 59 heavy (non-hydrogen) atoms. The van der Waals surface area contributed by atoms with Crippen LogP contribution in [0.5, 0.6) is 0 Å². The Balaban J connectivity index is 0.938. The van der Waals surface area contributed by atoms with Crippen LogP contribution in [0.4, 0.5) is 0 Å². The maximum atomic E-state index is 6.36. The first-order valence-corrected chi connectivity index (χ1v) is 19.8. The Morgan fingerprint density at radius 1 is 0.237 bits per heavy atom. The van der Waals surface area contributed by atoms with Crippen LogP contribution < -0.4 is 0 Å². The quantitative estimate of drug-likeness (QED) is 0.163. The van der Waals surface area contributed by atoms with Gasteiger partial charge in [0.2, 0.25) is 0 Å². The molecular formula is C55H35N3O. The highest BCUT2D eigenvalue weighted by Crippen LogP contribution is 2.36. The van der Waals surface area contributed by atoms with E-state index in [0.717, 1.165) is 60.9 Å². The van der Waals surface area contributed by atoms with Crippen molar-refractivity contribution >= 4 is 32.7 Å². The molecule has 0 N–H and O–H groups in total. The third kappa shape index (κ3) is 6.63. The van der Waals surface area contributed by atoms with Gasteiger partial charge in [0.1, 0.15) is 11.2 Å². The molecule has 11 aromatic rings. The largest absolute Gasteiger partial charge is 0.456 e. The standard InChI is InChI=1S/C55H35N3O/c1-3-9-36(10-4-1)39-15-22-42(23-16-39)53-56-54(43-24-17-40(18-25-43)46-28-21-38-13-7-8-14-45(38)33-46)58-55(57-53)44-26-19-41(20-27-44)48-29-31-49-50-34-47(37-11-5-2-6-12-37)30-32-51(50)59-52(49)35-48/h1-35H. The Hall–Kier alpha value is -7.95. The number of aromatic nitrogens is 3. The van der Waals surface area contributed by atoms with Gasteiger partial charge in [-0.1, -0.05) is 182 Å². The van der Waals surface area contributed by atoms with E-state index in [2.05, 4.69) is 200 Å². The summed E-state index contributed by atoms with van der Waals surface area (Å²) in [5.41, 5.74) is 13.6. The average molecular weight is 754 g/mol. The highest BCUT2D eigenvalue weighted by molar-refractivity contribution is 6.07. The van der Waals surface area contributed by atoms with Crippen LogP contribution in [-0.2, 0) is 0 Å². The van der Waals surface area contributed by atoms with Crippen LogP contribution in [0.15, 0.2) is 217 Å². The van der Waals surface area contributed by atoms with Gasteiger partial charge in [-0.15, -0.1) is 0 Å². The first-order valence-electron chi connectivity index (χ1n) is 19.8. The van der Waals surface area contributed by atoms with Crippen molar-refractivity contribution < 1.29 is 4.42 Å². The molecule has 0 saturated carbocycles. The summed E-state index contributed by atoms with van der Waals surface area (Å²) < 4.78 is 6.36. The fourth-order valence-corrected chi connectivity index (χ4v) is 7.96. The fourth-order valence-electron chi connectivity index (χ4n) is 7.96. The van der Waals surface area contributed by atoms with E-state index < -0.39 is 0 Å². The molecule has 11 rings (SSSR count). The van der Waals surface area contributed by atoms with E-state index in [-0.39, 0.29) is 0 Å². The second-order valence-electron chi connectivity index (χ2n) is 14.9. The predicted molar refractivity (Wildman–Crippen MR) is 243 cm³/mol. The molecule has 0 unspecified atom stereocenters. The van der Waals surface area contributed by atoms with Crippen molar-refractivity contribution in [2.45, 2.75) is 0 Å². The SMILES string of the molecule is c1ccc(-c2ccc(-c3nc(-c4ccc(-c5ccc6ccccc6c5)cc4)nc(-c4ccc(-c5ccc6c(c5)oc5ccc(-c7ccccc7)cc56)cc4)n3)cc2)cc1. The maximum Gasteiger partial charge on any atom is 0.164 e. The molecule has 2 heterocycles. The lowest BCUT2D eigenvalue weighted by atomic mass is 10.00. The number of benzene rings is 9. The molecule has 0 radical (unpaired) electrons. The monoisotopic (exact) mass is 753 g/mol. The average Bonchev–Trinajstić information content (AvgIpc) is 3.69. The minimum Gasteiger partial charge on any atom is -0.456 e. The smallest absolute Gasteiger partial charge is 0.164 e. The fraction of sp³-hybridized carbons (Fsp3) is 0. The summed E-state index contributed by atoms with van der Waals surface area (Å²) in [6, 6.07) is 74.1. The van der Waals surface area contributed by atoms with Gasteiger partial charge >= 0.3 is 0 Å². The Bertz CT molecular complexity index is 3280. The summed E-state index contributed by atoms with van der Waals surface area (Å²) in [5.74, 6) is 1.86. The lowest BCUT2D eigenvalue weighted by Crippen LogP contribution is -2.00. The summed E-state index contributed by atoms with van der Waals surface area (Å²) in [4.78, 5) is 15.2. The van der Waals surface area contributed by atoms with Gasteiger partial charge in [-0.25, -0.2) is 15.0 Å². The summed E-state index contributed by atoms with van der Waals surface area (Å²) >= 11 is 0. The summed E-state index contributed by atoms with van der Waals surface area (Å²) in [6.45, 7) is 0. The van der Waals surface area contributed by atoms with Crippen molar-refractivity contribution in [2.75, 3.05) is 0 Å². The Kier molecular flexibility index (Phi) is 8.45. The van der Waals surface area contributed by atoms with Gasteiger partial charge < -0.3 is 4.42 Å². The van der Waals surface area contributed by atoms with Crippen molar-refractivity contribution in [2.24, 2.45) is 0 Å². The lowest BCUT2D eigenvalue weighted by molar-refractivity contribution is 0.669. The van der Waals surface area contributed by atoms with Crippen LogP contribution in [0.1, 0.15) is 0 Å². The number of hydrogen-bond donors (Lipinski definition) is 0. The van der Waals surface area contributed by atoms with Crippen LogP contribution in [-0.4, -0.2) is 15.0 Å².